The number of rotatable bonds is 4. The van der Waals surface area contributed by atoms with E-state index in [-0.39, 0.29) is 39.1 Å². The molecule has 0 saturated carbocycles. The molecule has 2 heterocycles. The minimum Gasteiger partial charge on any atom is -0.872 e. The maximum Gasteiger partial charge on any atom is 2.00 e. The minimum atomic E-state index is -0.219. The van der Waals surface area contributed by atoms with E-state index in [1.54, 1.807) is 24.3 Å². The van der Waals surface area contributed by atoms with E-state index < -0.39 is 0 Å². The van der Waals surface area contributed by atoms with E-state index in [9.17, 15) is 10.2 Å². The van der Waals surface area contributed by atoms with Gasteiger partial charge in [0.05, 0.1) is 11.1 Å². The molecular formula is C26H28N2NiO4. The molecule has 2 aliphatic rings. The molecule has 0 bridgehead atoms. The average molecular weight is 491 g/mol. The molecule has 0 spiro atoms. The van der Waals surface area contributed by atoms with Crippen molar-refractivity contribution in [3.63, 3.8) is 0 Å². The van der Waals surface area contributed by atoms with Crippen LogP contribution in [0, 0.1) is 0 Å². The van der Waals surface area contributed by atoms with E-state index in [4.69, 9.17) is 9.47 Å². The van der Waals surface area contributed by atoms with Crippen molar-refractivity contribution < 1.29 is 36.2 Å². The molecule has 0 radical (unpaired) electrons. The molecule has 0 atom stereocenters. The first kappa shape index (κ1) is 26.2. The van der Waals surface area contributed by atoms with Gasteiger partial charge in [0, 0.05) is 0 Å². The Morgan fingerprint density at radius 2 is 1.03 bits per heavy atom. The molecule has 2 aliphatic heterocycles. The normalized spacial score (nSPS) is 18.5. The summed E-state index contributed by atoms with van der Waals surface area (Å²) < 4.78 is 10.7. The van der Waals surface area contributed by atoms with Crippen LogP contribution in [-0.2, 0) is 26.0 Å². The molecule has 0 aliphatic carbocycles. The van der Waals surface area contributed by atoms with E-state index in [0.717, 1.165) is 0 Å². The van der Waals surface area contributed by atoms with Crippen LogP contribution in [0.3, 0.4) is 0 Å². The zero-order valence-electron chi connectivity index (χ0n) is 19.2. The van der Waals surface area contributed by atoms with Gasteiger partial charge in [0.15, 0.2) is 0 Å². The maximum atomic E-state index is 11.8. The minimum absolute atomic E-state index is 0. The fourth-order valence-corrected chi connectivity index (χ4v) is 2.97. The van der Waals surface area contributed by atoms with Crippen molar-refractivity contribution in [2.24, 2.45) is 9.98 Å². The van der Waals surface area contributed by atoms with Gasteiger partial charge in [-0.15, -0.1) is 0 Å². The van der Waals surface area contributed by atoms with Crippen molar-refractivity contribution >= 4 is 23.3 Å². The molecule has 7 heteroatoms. The van der Waals surface area contributed by atoms with Crippen LogP contribution in [0.5, 0.6) is 0 Å². The number of hydrogen-bond acceptors (Lipinski definition) is 6. The fourth-order valence-electron chi connectivity index (χ4n) is 2.97. The SMILES string of the molecule is CC1(C)COC(/C=C(\[O-])c2ccccc2)=N1.CC1(C)COC(/C=C(\[O-])c2ccccc2)=N1.[Ni+2]. The summed E-state index contributed by atoms with van der Waals surface area (Å²) in [6, 6.07) is 18.2. The van der Waals surface area contributed by atoms with Gasteiger partial charge in [0.2, 0.25) is 11.8 Å². The Morgan fingerprint density at radius 3 is 1.30 bits per heavy atom. The second-order valence-corrected chi connectivity index (χ2v) is 8.85. The third kappa shape index (κ3) is 8.10. The maximum absolute atomic E-state index is 11.8. The van der Waals surface area contributed by atoms with Gasteiger partial charge in [-0.25, -0.2) is 9.98 Å². The molecule has 0 fully saturated rings. The standard InChI is InChI=1S/2C13H15NO2.Ni/c2*1-13(2)9-16-12(14-13)8-11(15)10-6-4-3-5-7-10;/h2*3-8,15H,9H2,1-2H3;/q;;+2/p-2/b2*11-8-;. The van der Waals surface area contributed by atoms with Crippen molar-refractivity contribution in [2.75, 3.05) is 13.2 Å². The number of ether oxygens (including phenoxy) is 2. The Hall–Kier alpha value is -3.05. The first-order valence-corrected chi connectivity index (χ1v) is 10.5. The third-order valence-corrected chi connectivity index (χ3v) is 4.60. The Bertz CT molecular complexity index is 957. The topological polar surface area (TPSA) is 89.3 Å². The van der Waals surface area contributed by atoms with Crippen LogP contribution in [0.25, 0.3) is 11.5 Å². The molecule has 0 amide bonds. The first-order valence-electron chi connectivity index (χ1n) is 10.5. The van der Waals surface area contributed by atoms with Crippen LogP contribution in [-0.4, -0.2) is 36.1 Å². The van der Waals surface area contributed by atoms with Gasteiger partial charge >= 0.3 is 16.5 Å². The average Bonchev–Trinajstić information content (AvgIpc) is 3.29. The second kappa shape index (κ2) is 11.2. The van der Waals surface area contributed by atoms with Crippen LogP contribution < -0.4 is 10.2 Å². The number of hydrogen-bond donors (Lipinski definition) is 0. The Kier molecular flexibility index (Phi) is 8.89. The summed E-state index contributed by atoms with van der Waals surface area (Å²) in [5, 5.41) is 23.6. The van der Waals surface area contributed by atoms with Crippen molar-refractivity contribution in [1.29, 1.82) is 0 Å². The number of benzene rings is 2. The monoisotopic (exact) mass is 490 g/mol. The van der Waals surface area contributed by atoms with Crippen molar-refractivity contribution in [3.05, 3.63) is 83.9 Å². The predicted octanol–water partition coefficient (Wildman–Crippen LogP) is 3.19. The smallest absolute Gasteiger partial charge is 0.872 e. The summed E-state index contributed by atoms with van der Waals surface area (Å²) in [6.07, 6.45) is 2.90. The summed E-state index contributed by atoms with van der Waals surface area (Å²) in [6.45, 7) is 8.95. The zero-order valence-corrected chi connectivity index (χ0v) is 20.2. The fraction of sp³-hybridized carbons (Fsp3) is 0.308. The molecule has 0 saturated heterocycles. The van der Waals surface area contributed by atoms with Crippen LogP contribution in [0.15, 0.2) is 82.8 Å². The van der Waals surface area contributed by atoms with Crippen LogP contribution in [0.2, 0.25) is 0 Å². The van der Waals surface area contributed by atoms with Crippen molar-refractivity contribution in [3.8, 4) is 0 Å². The van der Waals surface area contributed by atoms with E-state index in [1.807, 2.05) is 64.1 Å². The van der Waals surface area contributed by atoms with E-state index >= 15 is 0 Å². The molecule has 0 aromatic heterocycles. The molecule has 2 aromatic carbocycles. The summed E-state index contributed by atoms with van der Waals surface area (Å²) in [5.74, 6) is 0.715. The Labute approximate surface area is 205 Å². The first-order chi connectivity index (χ1) is 15.1. The molecular weight excluding hydrogens is 463 g/mol. The van der Waals surface area contributed by atoms with Gasteiger partial charge in [-0.1, -0.05) is 72.2 Å². The molecule has 0 N–H and O–H groups in total. The van der Waals surface area contributed by atoms with Gasteiger partial charge in [0.25, 0.3) is 0 Å². The van der Waals surface area contributed by atoms with Gasteiger partial charge in [0.1, 0.15) is 13.2 Å². The van der Waals surface area contributed by atoms with E-state index in [0.29, 0.717) is 36.1 Å². The van der Waals surface area contributed by atoms with E-state index in [1.165, 1.54) is 12.2 Å². The van der Waals surface area contributed by atoms with Crippen LogP contribution >= 0.6 is 0 Å². The Morgan fingerprint density at radius 1 is 0.697 bits per heavy atom. The molecule has 0 unspecified atom stereocenters. The molecule has 176 valence electrons. The Balaban J connectivity index is 0.000000227. The predicted molar refractivity (Wildman–Crippen MR) is 124 cm³/mol. The third-order valence-electron chi connectivity index (χ3n) is 4.60. The summed E-state index contributed by atoms with van der Waals surface area (Å²) in [5.41, 5.74) is 0.864. The second-order valence-electron chi connectivity index (χ2n) is 8.85. The van der Waals surface area contributed by atoms with Crippen molar-refractivity contribution in [2.45, 2.75) is 38.8 Å². The number of nitrogens with zero attached hydrogens (tertiary/aromatic N) is 2. The van der Waals surface area contributed by atoms with Gasteiger partial charge < -0.3 is 19.7 Å². The molecule has 2 aromatic rings. The van der Waals surface area contributed by atoms with Crippen LogP contribution in [0.4, 0.5) is 0 Å². The van der Waals surface area contributed by atoms with Crippen LogP contribution in [0.1, 0.15) is 38.8 Å². The van der Waals surface area contributed by atoms with Gasteiger partial charge in [-0.3, -0.25) is 0 Å². The molecule has 4 rings (SSSR count). The van der Waals surface area contributed by atoms with Gasteiger partial charge in [-0.2, -0.15) is 0 Å². The summed E-state index contributed by atoms with van der Waals surface area (Å²) in [7, 11) is 0. The quantitative estimate of drug-likeness (QED) is 0.486. The molecule has 6 nitrogen and oxygen atoms in total. The van der Waals surface area contributed by atoms with E-state index in [2.05, 4.69) is 9.98 Å². The largest absolute Gasteiger partial charge is 2.00 e. The summed E-state index contributed by atoms with van der Waals surface area (Å²) in [4.78, 5) is 8.61. The number of aliphatic imine (C=N–C) groups is 2. The van der Waals surface area contributed by atoms with Crippen molar-refractivity contribution in [1.82, 2.24) is 0 Å². The summed E-state index contributed by atoms with van der Waals surface area (Å²) >= 11 is 0. The zero-order chi connectivity index (χ0) is 23.2. The molecule has 33 heavy (non-hydrogen) atoms. The van der Waals surface area contributed by atoms with Gasteiger partial charge in [-0.05, 0) is 51.0 Å².